The molecule has 1 aromatic rings. The van der Waals surface area contributed by atoms with Gasteiger partial charge < -0.3 is 20.5 Å². The first kappa shape index (κ1) is 13.3. The minimum absolute atomic E-state index is 0.136. The van der Waals surface area contributed by atoms with Crippen LogP contribution < -0.4 is 15.4 Å². The van der Waals surface area contributed by atoms with Crippen LogP contribution in [-0.2, 0) is 4.79 Å². The third-order valence-electron chi connectivity index (χ3n) is 2.84. The number of aliphatic hydroxyl groups is 1. The zero-order chi connectivity index (χ0) is 13.1. The van der Waals surface area contributed by atoms with E-state index < -0.39 is 6.10 Å². The lowest BCUT2D eigenvalue weighted by molar-refractivity contribution is -0.117. The molecule has 2 rings (SSSR count). The van der Waals surface area contributed by atoms with Gasteiger partial charge in [0, 0.05) is 12.2 Å². The Morgan fingerprint density at radius 1 is 1.61 bits per heavy atom. The topological polar surface area (TPSA) is 70.6 Å². The molecule has 1 saturated heterocycles. The van der Waals surface area contributed by atoms with Crippen LogP contribution in [0, 0.1) is 0 Å². The largest absolute Gasteiger partial charge is 0.496 e. The van der Waals surface area contributed by atoms with Crippen LogP contribution in [0.15, 0.2) is 22.7 Å². The predicted octanol–water partition coefficient (Wildman–Crippen LogP) is 1.12. The van der Waals surface area contributed by atoms with Crippen molar-refractivity contribution in [2.45, 2.75) is 18.6 Å². The number of β-amino-alcohol motifs (C(OH)–C–C–N with tert-alkyl or cyclic N) is 1. The molecule has 0 aliphatic carbocycles. The summed E-state index contributed by atoms with van der Waals surface area (Å²) in [4.78, 5) is 11.9. The molecule has 0 radical (unpaired) electrons. The third kappa shape index (κ3) is 3.01. The van der Waals surface area contributed by atoms with E-state index in [9.17, 15) is 9.90 Å². The Balaban J connectivity index is 2.01. The molecule has 1 aliphatic rings. The molecule has 5 nitrogen and oxygen atoms in total. The fourth-order valence-corrected chi connectivity index (χ4v) is 2.43. The van der Waals surface area contributed by atoms with E-state index in [0.29, 0.717) is 24.4 Å². The van der Waals surface area contributed by atoms with Crippen LogP contribution in [-0.4, -0.2) is 36.8 Å². The number of nitrogens with one attached hydrogen (secondary N) is 2. The van der Waals surface area contributed by atoms with Crippen molar-refractivity contribution in [2.75, 3.05) is 19.0 Å². The van der Waals surface area contributed by atoms with E-state index in [4.69, 9.17) is 4.74 Å². The zero-order valence-corrected chi connectivity index (χ0v) is 11.5. The van der Waals surface area contributed by atoms with Gasteiger partial charge in [-0.15, -0.1) is 0 Å². The van der Waals surface area contributed by atoms with Gasteiger partial charge in [-0.2, -0.15) is 0 Å². The van der Waals surface area contributed by atoms with Gasteiger partial charge in [-0.05, 0) is 40.5 Å². The summed E-state index contributed by atoms with van der Waals surface area (Å²) in [5, 5.41) is 15.1. The molecule has 6 heteroatoms. The predicted molar refractivity (Wildman–Crippen MR) is 71.7 cm³/mol. The number of hydrogen-bond acceptors (Lipinski definition) is 4. The van der Waals surface area contributed by atoms with Crippen LogP contribution in [0.5, 0.6) is 5.75 Å². The van der Waals surface area contributed by atoms with Gasteiger partial charge in [0.1, 0.15) is 5.75 Å². The number of halogens is 1. The molecule has 1 aliphatic heterocycles. The fourth-order valence-electron chi connectivity index (χ4n) is 1.89. The number of ether oxygens (including phenoxy) is 1. The van der Waals surface area contributed by atoms with Gasteiger partial charge in [0.2, 0.25) is 5.91 Å². The van der Waals surface area contributed by atoms with Crippen molar-refractivity contribution in [1.82, 2.24) is 5.32 Å². The molecule has 1 heterocycles. The van der Waals surface area contributed by atoms with Crippen LogP contribution in [0.2, 0.25) is 0 Å². The maximum atomic E-state index is 11.9. The third-order valence-corrected chi connectivity index (χ3v) is 3.46. The highest BCUT2D eigenvalue weighted by Crippen LogP contribution is 2.27. The smallest absolute Gasteiger partial charge is 0.241 e. The van der Waals surface area contributed by atoms with E-state index >= 15 is 0 Å². The first-order valence-electron chi connectivity index (χ1n) is 5.66. The van der Waals surface area contributed by atoms with Crippen LogP contribution in [0.1, 0.15) is 6.42 Å². The Morgan fingerprint density at radius 2 is 2.39 bits per heavy atom. The molecule has 0 aromatic heterocycles. The number of carbonyl (C=O) groups excluding carboxylic acids is 1. The molecular weight excluding hydrogens is 300 g/mol. The summed E-state index contributed by atoms with van der Waals surface area (Å²) in [6.07, 6.45) is 0.00624. The Labute approximate surface area is 114 Å². The molecule has 2 atom stereocenters. The average Bonchev–Trinajstić information content (AvgIpc) is 2.76. The highest BCUT2D eigenvalue weighted by molar-refractivity contribution is 9.10. The molecule has 1 fully saturated rings. The highest BCUT2D eigenvalue weighted by atomic mass is 79.9. The number of rotatable bonds is 3. The summed E-state index contributed by atoms with van der Waals surface area (Å²) in [5.74, 6) is 0.575. The molecule has 3 N–H and O–H groups in total. The summed E-state index contributed by atoms with van der Waals surface area (Å²) in [6.45, 7) is 0.463. The van der Waals surface area contributed by atoms with E-state index in [1.54, 1.807) is 25.3 Å². The van der Waals surface area contributed by atoms with Gasteiger partial charge >= 0.3 is 0 Å². The van der Waals surface area contributed by atoms with Crippen LogP contribution in [0.3, 0.4) is 0 Å². The van der Waals surface area contributed by atoms with E-state index in [1.165, 1.54) is 0 Å². The second-order valence-corrected chi connectivity index (χ2v) is 5.04. The van der Waals surface area contributed by atoms with Crippen molar-refractivity contribution in [3.8, 4) is 5.75 Å². The number of anilines is 1. The zero-order valence-electron chi connectivity index (χ0n) is 9.94. The lowest BCUT2D eigenvalue weighted by Gasteiger charge is -2.12. The van der Waals surface area contributed by atoms with E-state index in [-0.39, 0.29) is 11.9 Å². The van der Waals surface area contributed by atoms with Crippen molar-refractivity contribution >= 4 is 27.5 Å². The van der Waals surface area contributed by atoms with Gasteiger partial charge in [-0.25, -0.2) is 0 Å². The summed E-state index contributed by atoms with van der Waals surface area (Å²) < 4.78 is 5.89. The molecule has 1 amide bonds. The minimum atomic E-state index is -0.441. The number of amides is 1. The Kier molecular flexibility index (Phi) is 4.21. The fraction of sp³-hybridized carbons (Fsp3) is 0.417. The van der Waals surface area contributed by atoms with Crippen LogP contribution in [0.25, 0.3) is 0 Å². The quantitative estimate of drug-likeness (QED) is 0.782. The first-order chi connectivity index (χ1) is 8.60. The molecule has 1 aromatic carbocycles. The molecule has 98 valence electrons. The summed E-state index contributed by atoms with van der Waals surface area (Å²) in [5.41, 5.74) is 0.691. The summed E-state index contributed by atoms with van der Waals surface area (Å²) >= 11 is 3.36. The van der Waals surface area contributed by atoms with E-state index in [1.807, 2.05) is 0 Å². The monoisotopic (exact) mass is 314 g/mol. The lowest BCUT2D eigenvalue weighted by atomic mass is 10.2. The molecule has 2 unspecified atom stereocenters. The molecule has 0 bridgehead atoms. The normalized spacial score (nSPS) is 22.8. The van der Waals surface area contributed by atoms with Crippen molar-refractivity contribution in [3.63, 3.8) is 0 Å². The van der Waals surface area contributed by atoms with Gasteiger partial charge in [-0.3, -0.25) is 4.79 Å². The Bertz CT molecular complexity index is 453. The first-order valence-corrected chi connectivity index (χ1v) is 6.45. The molecule has 0 saturated carbocycles. The second kappa shape index (κ2) is 5.69. The maximum absolute atomic E-state index is 11.9. The second-order valence-electron chi connectivity index (χ2n) is 4.19. The van der Waals surface area contributed by atoms with Gasteiger partial charge in [0.25, 0.3) is 0 Å². The minimum Gasteiger partial charge on any atom is -0.496 e. The SMILES string of the molecule is COc1ccc(NC(=O)C2CC(O)CN2)cc1Br. The van der Waals surface area contributed by atoms with E-state index in [2.05, 4.69) is 26.6 Å². The number of aliphatic hydroxyl groups excluding tert-OH is 1. The van der Waals surface area contributed by atoms with Crippen molar-refractivity contribution in [1.29, 1.82) is 0 Å². The Morgan fingerprint density at radius 3 is 2.94 bits per heavy atom. The van der Waals surface area contributed by atoms with Crippen LogP contribution in [0.4, 0.5) is 5.69 Å². The Hall–Kier alpha value is -1.11. The van der Waals surface area contributed by atoms with Gasteiger partial charge in [0.05, 0.1) is 23.7 Å². The molecule has 18 heavy (non-hydrogen) atoms. The number of carbonyl (C=O) groups is 1. The lowest BCUT2D eigenvalue weighted by Crippen LogP contribution is -2.35. The number of hydrogen-bond donors (Lipinski definition) is 3. The average molecular weight is 315 g/mol. The van der Waals surface area contributed by atoms with E-state index in [0.717, 1.165) is 4.47 Å². The molecule has 0 spiro atoms. The van der Waals surface area contributed by atoms with Crippen molar-refractivity contribution in [3.05, 3.63) is 22.7 Å². The van der Waals surface area contributed by atoms with Gasteiger partial charge in [0.15, 0.2) is 0 Å². The highest BCUT2D eigenvalue weighted by Gasteiger charge is 2.27. The van der Waals surface area contributed by atoms with Crippen LogP contribution >= 0.6 is 15.9 Å². The van der Waals surface area contributed by atoms with Gasteiger partial charge in [-0.1, -0.05) is 0 Å². The number of benzene rings is 1. The van der Waals surface area contributed by atoms with Crippen molar-refractivity contribution in [2.24, 2.45) is 0 Å². The number of methoxy groups -OCH3 is 1. The molecular formula is C12H15BrN2O3. The maximum Gasteiger partial charge on any atom is 0.241 e. The summed E-state index contributed by atoms with van der Waals surface area (Å²) in [7, 11) is 1.59. The van der Waals surface area contributed by atoms with Crippen molar-refractivity contribution < 1.29 is 14.6 Å². The standard InChI is InChI=1S/C12H15BrN2O3/c1-18-11-3-2-7(4-9(11)13)15-12(17)10-5-8(16)6-14-10/h2-4,8,10,14,16H,5-6H2,1H3,(H,15,17). The summed E-state index contributed by atoms with van der Waals surface area (Å²) in [6, 6.07) is 4.99.